The number of hydrogen-bond donors (Lipinski definition) is 1. The molecule has 0 radical (unpaired) electrons. The molecule has 1 amide bonds. The standard InChI is InChI=1S/C21H21N3O5/c1-3-29-19-13-17(24(26)27)16(12-18(19)28-2)21(25)23-11-9-15-7-4-6-14-8-5-10-22-20(14)15/h4-8,10,12-13H,3,9,11H2,1-2H3,(H,23,25). The van der Waals surface area contributed by atoms with E-state index in [-0.39, 0.29) is 22.7 Å². The van der Waals surface area contributed by atoms with Crippen LogP contribution in [0.25, 0.3) is 10.9 Å². The molecule has 1 aromatic heterocycles. The summed E-state index contributed by atoms with van der Waals surface area (Å²) in [5.74, 6) is -0.0628. The number of aromatic nitrogens is 1. The molecule has 0 saturated carbocycles. The third-order valence-corrected chi connectivity index (χ3v) is 4.42. The zero-order valence-electron chi connectivity index (χ0n) is 16.2. The van der Waals surface area contributed by atoms with Crippen LogP contribution < -0.4 is 14.8 Å². The van der Waals surface area contributed by atoms with Crippen LogP contribution in [0.5, 0.6) is 11.5 Å². The van der Waals surface area contributed by atoms with E-state index in [0.717, 1.165) is 16.5 Å². The Balaban J connectivity index is 1.78. The normalized spacial score (nSPS) is 10.6. The van der Waals surface area contributed by atoms with Crippen molar-refractivity contribution >= 4 is 22.5 Å². The van der Waals surface area contributed by atoms with Crippen LogP contribution >= 0.6 is 0 Å². The molecule has 150 valence electrons. The predicted octanol–water partition coefficient (Wildman–Crippen LogP) is 3.52. The first kappa shape index (κ1) is 20.1. The van der Waals surface area contributed by atoms with Crippen LogP contribution in [0.2, 0.25) is 0 Å². The number of nitrogens with one attached hydrogen (secondary N) is 1. The second-order valence-corrected chi connectivity index (χ2v) is 6.21. The molecular weight excluding hydrogens is 374 g/mol. The van der Waals surface area contributed by atoms with E-state index in [2.05, 4.69) is 10.3 Å². The van der Waals surface area contributed by atoms with E-state index in [4.69, 9.17) is 9.47 Å². The highest BCUT2D eigenvalue weighted by atomic mass is 16.6. The van der Waals surface area contributed by atoms with Gasteiger partial charge in [-0.25, -0.2) is 0 Å². The highest BCUT2D eigenvalue weighted by Gasteiger charge is 2.24. The summed E-state index contributed by atoms with van der Waals surface area (Å²) in [6.45, 7) is 2.38. The number of carbonyl (C=O) groups excluding carboxylic acids is 1. The third-order valence-electron chi connectivity index (χ3n) is 4.42. The number of methoxy groups -OCH3 is 1. The monoisotopic (exact) mass is 395 g/mol. The van der Waals surface area contributed by atoms with Crippen LogP contribution in [0.15, 0.2) is 48.7 Å². The molecule has 0 atom stereocenters. The molecule has 1 heterocycles. The van der Waals surface area contributed by atoms with Crippen molar-refractivity contribution in [3.63, 3.8) is 0 Å². The molecule has 8 heteroatoms. The lowest BCUT2D eigenvalue weighted by molar-refractivity contribution is -0.385. The number of nitro groups is 1. The Labute approximate surface area is 167 Å². The van der Waals surface area contributed by atoms with Gasteiger partial charge in [0.05, 0.1) is 30.2 Å². The van der Waals surface area contributed by atoms with Crippen molar-refractivity contribution < 1.29 is 19.2 Å². The number of rotatable bonds is 8. The minimum absolute atomic E-state index is 0.0775. The maximum absolute atomic E-state index is 12.6. The molecule has 0 bridgehead atoms. The summed E-state index contributed by atoms with van der Waals surface area (Å²) >= 11 is 0. The summed E-state index contributed by atoms with van der Waals surface area (Å²) in [7, 11) is 1.42. The van der Waals surface area contributed by atoms with Crippen molar-refractivity contribution in [3.8, 4) is 11.5 Å². The van der Waals surface area contributed by atoms with Crippen molar-refractivity contribution in [3.05, 3.63) is 69.9 Å². The molecule has 0 unspecified atom stereocenters. The number of nitro benzene ring substituents is 1. The van der Waals surface area contributed by atoms with Crippen LogP contribution in [-0.4, -0.2) is 36.1 Å². The number of para-hydroxylation sites is 1. The Morgan fingerprint density at radius 1 is 1.21 bits per heavy atom. The first-order valence-corrected chi connectivity index (χ1v) is 9.15. The first-order chi connectivity index (χ1) is 14.0. The van der Waals surface area contributed by atoms with Gasteiger partial charge in [-0.05, 0) is 25.0 Å². The lowest BCUT2D eigenvalue weighted by Crippen LogP contribution is -2.26. The minimum Gasteiger partial charge on any atom is -0.493 e. The summed E-state index contributed by atoms with van der Waals surface area (Å²) in [5, 5.41) is 15.2. The molecule has 29 heavy (non-hydrogen) atoms. The van der Waals surface area contributed by atoms with Crippen molar-refractivity contribution in [2.24, 2.45) is 0 Å². The molecule has 0 saturated heterocycles. The van der Waals surface area contributed by atoms with E-state index < -0.39 is 10.8 Å². The zero-order chi connectivity index (χ0) is 20.8. The van der Waals surface area contributed by atoms with Gasteiger partial charge in [-0.2, -0.15) is 0 Å². The van der Waals surface area contributed by atoms with Crippen molar-refractivity contribution in [1.29, 1.82) is 0 Å². The van der Waals surface area contributed by atoms with Gasteiger partial charge in [0.25, 0.3) is 11.6 Å². The Morgan fingerprint density at radius 3 is 2.72 bits per heavy atom. The van der Waals surface area contributed by atoms with Crippen LogP contribution in [0.4, 0.5) is 5.69 Å². The molecule has 0 fully saturated rings. The molecule has 8 nitrogen and oxygen atoms in total. The summed E-state index contributed by atoms with van der Waals surface area (Å²) in [6, 6.07) is 12.2. The SMILES string of the molecule is CCOc1cc([N+](=O)[O-])c(C(=O)NCCc2cccc3cccnc23)cc1OC. The average Bonchev–Trinajstić information content (AvgIpc) is 2.73. The number of nitrogens with zero attached hydrogens (tertiary/aromatic N) is 2. The number of pyridine rings is 1. The number of ether oxygens (including phenoxy) is 2. The fourth-order valence-corrected chi connectivity index (χ4v) is 3.09. The fraction of sp³-hybridized carbons (Fsp3) is 0.238. The second-order valence-electron chi connectivity index (χ2n) is 6.21. The van der Waals surface area contributed by atoms with Gasteiger partial charge in [-0.15, -0.1) is 0 Å². The molecule has 0 aliphatic heterocycles. The highest BCUT2D eigenvalue weighted by Crippen LogP contribution is 2.34. The molecule has 0 aliphatic rings. The van der Waals surface area contributed by atoms with Gasteiger partial charge in [0.1, 0.15) is 5.56 Å². The van der Waals surface area contributed by atoms with Crippen molar-refractivity contribution in [2.45, 2.75) is 13.3 Å². The number of fused-ring (bicyclic) bond motifs is 1. The number of benzene rings is 2. The van der Waals surface area contributed by atoms with Gasteiger partial charge in [0, 0.05) is 24.2 Å². The molecular formula is C21H21N3O5. The lowest BCUT2D eigenvalue weighted by Gasteiger charge is -2.12. The summed E-state index contributed by atoms with van der Waals surface area (Å²) in [4.78, 5) is 27.9. The first-order valence-electron chi connectivity index (χ1n) is 9.15. The Hall–Kier alpha value is -3.68. The van der Waals surface area contributed by atoms with Gasteiger partial charge in [-0.1, -0.05) is 24.3 Å². The Bertz CT molecular complexity index is 1050. The summed E-state index contributed by atoms with van der Waals surface area (Å²) < 4.78 is 10.6. The molecule has 2 aromatic carbocycles. The van der Waals surface area contributed by atoms with Gasteiger partial charge < -0.3 is 14.8 Å². The fourth-order valence-electron chi connectivity index (χ4n) is 3.09. The average molecular weight is 395 g/mol. The van der Waals surface area contributed by atoms with E-state index in [1.165, 1.54) is 19.2 Å². The van der Waals surface area contributed by atoms with Gasteiger partial charge in [-0.3, -0.25) is 19.9 Å². The number of carbonyl (C=O) groups is 1. The van der Waals surface area contributed by atoms with Crippen LogP contribution in [0, 0.1) is 10.1 Å². The van der Waals surface area contributed by atoms with Crippen molar-refractivity contribution in [2.75, 3.05) is 20.3 Å². The van der Waals surface area contributed by atoms with Gasteiger partial charge in [0.15, 0.2) is 11.5 Å². The van der Waals surface area contributed by atoms with Crippen LogP contribution in [0.3, 0.4) is 0 Å². The number of hydrogen-bond acceptors (Lipinski definition) is 6. The number of amides is 1. The second kappa shape index (κ2) is 9.01. The van der Waals surface area contributed by atoms with E-state index in [1.54, 1.807) is 13.1 Å². The minimum atomic E-state index is -0.606. The predicted molar refractivity (Wildman–Crippen MR) is 109 cm³/mol. The van der Waals surface area contributed by atoms with Gasteiger partial charge in [0.2, 0.25) is 0 Å². The largest absolute Gasteiger partial charge is 0.493 e. The Kier molecular flexibility index (Phi) is 6.23. The maximum Gasteiger partial charge on any atom is 0.286 e. The molecule has 3 rings (SSSR count). The smallest absolute Gasteiger partial charge is 0.286 e. The van der Waals surface area contributed by atoms with E-state index in [9.17, 15) is 14.9 Å². The van der Waals surface area contributed by atoms with Gasteiger partial charge >= 0.3 is 0 Å². The highest BCUT2D eigenvalue weighted by molar-refractivity contribution is 5.99. The van der Waals surface area contributed by atoms with Crippen LogP contribution in [-0.2, 0) is 6.42 Å². The van der Waals surface area contributed by atoms with E-state index in [0.29, 0.717) is 19.6 Å². The van der Waals surface area contributed by atoms with E-state index in [1.807, 2.05) is 30.3 Å². The molecule has 0 spiro atoms. The maximum atomic E-state index is 12.6. The zero-order valence-corrected chi connectivity index (χ0v) is 16.2. The molecule has 0 aliphatic carbocycles. The van der Waals surface area contributed by atoms with Crippen LogP contribution in [0.1, 0.15) is 22.8 Å². The Morgan fingerprint density at radius 2 is 2.00 bits per heavy atom. The topological polar surface area (TPSA) is 104 Å². The lowest BCUT2D eigenvalue weighted by atomic mass is 10.1. The van der Waals surface area contributed by atoms with E-state index >= 15 is 0 Å². The molecule has 3 aromatic rings. The molecule has 1 N–H and O–H groups in total. The summed E-state index contributed by atoms with van der Waals surface area (Å²) in [5.41, 5.74) is 1.45. The quantitative estimate of drug-likeness (QED) is 0.462. The third kappa shape index (κ3) is 4.43. The summed E-state index contributed by atoms with van der Waals surface area (Å²) in [6.07, 6.45) is 2.27. The van der Waals surface area contributed by atoms with Crippen molar-refractivity contribution in [1.82, 2.24) is 10.3 Å².